The molecule has 0 aliphatic rings. The van der Waals surface area contributed by atoms with E-state index in [1.807, 2.05) is 48.5 Å². The van der Waals surface area contributed by atoms with E-state index in [-0.39, 0.29) is 78.0 Å². The molecule has 0 saturated carbocycles. The summed E-state index contributed by atoms with van der Waals surface area (Å²) in [4.78, 5) is 9.56. The number of aliphatic hydroxyl groups is 4. The Morgan fingerprint density at radius 2 is 1.02 bits per heavy atom. The van der Waals surface area contributed by atoms with Gasteiger partial charge >= 0.3 is 0 Å². The molecule has 3 aromatic carbocycles. The lowest BCUT2D eigenvalue weighted by atomic mass is 9.92. The van der Waals surface area contributed by atoms with Crippen LogP contribution in [0.3, 0.4) is 0 Å². The van der Waals surface area contributed by atoms with Gasteiger partial charge < -0.3 is 56.2 Å². The van der Waals surface area contributed by atoms with Crippen molar-refractivity contribution >= 4 is 39.9 Å². The molecule has 13 heteroatoms. The zero-order valence-electron chi connectivity index (χ0n) is 27.2. The number of nitrogens with one attached hydrogen (secondary N) is 1. The molecule has 2 atom stereocenters. The highest BCUT2D eigenvalue weighted by atomic mass is 16.5. The quantitative estimate of drug-likeness (QED) is 0.0419. The smallest absolute Gasteiger partial charge is 0.0908 e. The number of anilines is 3. The van der Waals surface area contributed by atoms with Crippen molar-refractivity contribution in [2.45, 2.75) is 12.5 Å². The highest BCUT2D eigenvalue weighted by Gasteiger charge is 2.23. The van der Waals surface area contributed by atoms with Crippen LogP contribution in [0.25, 0.3) is 0 Å². The fourth-order valence-electron chi connectivity index (χ4n) is 4.68. The van der Waals surface area contributed by atoms with Crippen LogP contribution in [0, 0.1) is 5.92 Å². The van der Waals surface area contributed by atoms with Gasteiger partial charge in [0.15, 0.2) is 0 Å². The summed E-state index contributed by atoms with van der Waals surface area (Å²) < 4.78 is 22.8. The van der Waals surface area contributed by atoms with Gasteiger partial charge in [-0.15, -0.1) is 0 Å². The largest absolute Gasteiger partial charge is 0.399 e. The molecule has 0 aromatic heterocycles. The monoisotopic (exact) mass is 667 g/mol. The summed E-state index contributed by atoms with van der Waals surface area (Å²) in [6.07, 6.45) is 0.667. The van der Waals surface area contributed by atoms with E-state index in [0.29, 0.717) is 53.8 Å². The van der Waals surface area contributed by atoms with Crippen molar-refractivity contribution in [1.29, 1.82) is 0 Å². The Morgan fingerprint density at radius 1 is 0.583 bits per heavy atom. The number of nitrogen functional groups attached to an aromatic ring is 2. The highest BCUT2D eigenvalue weighted by molar-refractivity contribution is 6.44. The zero-order valence-corrected chi connectivity index (χ0v) is 27.2. The summed E-state index contributed by atoms with van der Waals surface area (Å²) in [6.45, 7) is 1.03. The Kier molecular flexibility index (Phi) is 18.2. The summed E-state index contributed by atoms with van der Waals surface area (Å²) in [6, 6.07) is 22.0. The number of hydrogen-bond acceptors (Lipinski definition) is 13. The topological polar surface area (TPSA) is 207 Å². The van der Waals surface area contributed by atoms with Crippen LogP contribution in [0.4, 0.5) is 28.4 Å². The first-order chi connectivity index (χ1) is 23.4. The van der Waals surface area contributed by atoms with Gasteiger partial charge in [0.1, 0.15) is 0 Å². The Morgan fingerprint density at radius 3 is 1.52 bits per heavy atom. The molecular formula is C35H49N5O8. The molecule has 0 saturated heterocycles. The van der Waals surface area contributed by atoms with E-state index >= 15 is 0 Å². The highest BCUT2D eigenvalue weighted by Crippen LogP contribution is 2.23. The van der Waals surface area contributed by atoms with E-state index in [9.17, 15) is 20.4 Å². The lowest BCUT2D eigenvalue weighted by Crippen LogP contribution is -2.38. The Bertz CT molecular complexity index is 1350. The molecule has 0 heterocycles. The minimum Gasteiger partial charge on any atom is -0.399 e. The van der Waals surface area contributed by atoms with Crippen LogP contribution >= 0.6 is 0 Å². The van der Waals surface area contributed by atoms with Crippen molar-refractivity contribution in [2.24, 2.45) is 15.9 Å². The maximum atomic E-state index is 9.33. The van der Waals surface area contributed by atoms with Gasteiger partial charge in [0.2, 0.25) is 0 Å². The van der Waals surface area contributed by atoms with E-state index in [2.05, 4.69) is 5.32 Å². The van der Waals surface area contributed by atoms with E-state index in [0.717, 1.165) is 11.3 Å². The van der Waals surface area contributed by atoms with Crippen LogP contribution in [-0.4, -0.2) is 117 Å². The molecule has 0 fully saturated rings. The number of nitrogens with zero attached hydrogens (tertiary/aromatic N) is 2. The van der Waals surface area contributed by atoms with Gasteiger partial charge in [0.05, 0.1) is 108 Å². The standard InChI is InChI=1S/C35H49N5O8/c36-28-3-1-26(2-4-28)21-27(22-45-17-13-41)33(23-46-18-14-42)38-31-9-11-32(12-10-31)40-35(25-48-20-16-44)34(24-47-19-15-43)39-30-7-5-29(37)6-8-30/h1-12,27,33,38,41-44H,13-25,36-37H2. The second-order valence-electron chi connectivity index (χ2n) is 10.9. The lowest BCUT2D eigenvalue weighted by Gasteiger charge is -2.29. The second kappa shape index (κ2) is 22.6. The van der Waals surface area contributed by atoms with E-state index in [1.54, 1.807) is 24.3 Å². The van der Waals surface area contributed by atoms with E-state index < -0.39 is 0 Å². The van der Waals surface area contributed by atoms with Gasteiger partial charge in [0, 0.05) is 23.0 Å². The van der Waals surface area contributed by atoms with Crippen LogP contribution in [0.2, 0.25) is 0 Å². The fourth-order valence-corrected chi connectivity index (χ4v) is 4.68. The number of rotatable bonds is 24. The number of benzene rings is 3. The lowest BCUT2D eigenvalue weighted by molar-refractivity contribution is 0.0384. The maximum absolute atomic E-state index is 9.33. The van der Waals surface area contributed by atoms with Gasteiger partial charge in [-0.1, -0.05) is 12.1 Å². The fraction of sp³-hybridized carbons (Fsp3) is 0.429. The molecule has 9 N–H and O–H groups in total. The molecule has 48 heavy (non-hydrogen) atoms. The minimum absolute atomic E-state index is 0.0436. The molecule has 3 rings (SSSR count). The second-order valence-corrected chi connectivity index (χ2v) is 10.9. The van der Waals surface area contributed by atoms with Crippen LogP contribution in [-0.2, 0) is 25.4 Å². The molecule has 0 bridgehead atoms. The number of aliphatic hydroxyl groups excluding tert-OH is 4. The zero-order chi connectivity index (χ0) is 34.4. The molecular weight excluding hydrogens is 618 g/mol. The first-order valence-corrected chi connectivity index (χ1v) is 15.9. The molecule has 0 aliphatic heterocycles. The molecule has 3 aromatic rings. The molecule has 0 aliphatic carbocycles. The van der Waals surface area contributed by atoms with Crippen LogP contribution in [0.1, 0.15) is 5.56 Å². The first-order valence-electron chi connectivity index (χ1n) is 15.9. The van der Waals surface area contributed by atoms with Crippen LogP contribution < -0.4 is 16.8 Å². The molecule has 0 amide bonds. The van der Waals surface area contributed by atoms with Gasteiger partial charge in [-0.25, -0.2) is 9.98 Å². The molecule has 0 spiro atoms. The molecule has 13 nitrogen and oxygen atoms in total. The maximum Gasteiger partial charge on any atom is 0.0908 e. The van der Waals surface area contributed by atoms with Gasteiger partial charge in [-0.3, -0.25) is 0 Å². The number of aliphatic imine (C=N–C) groups is 2. The number of ether oxygens (including phenoxy) is 4. The summed E-state index contributed by atoms with van der Waals surface area (Å²) in [5.41, 5.74) is 17.2. The normalized spacial score (nSPS) is 13.4. The Labute approximate surface area is 281 Å². The number of hydrogen-bond donors (Lipinski definition) is 7. The van der Waals surface area contributed by atoms with Crippen molar-refractivity contribution < 1.29 is 39.4 Å². The Hall–Kier alpha value is -3.92. The van der Waals surface area contributed by atoms with Crippen molar-refractivity contribution in [3.8, 4) is 0 Å². The summed E-state index contributed by atoms with van der Waals surface area (Å²) in [5, 5.41) is 40.7. The SMILES string of the molecule is Nc1ccc(CC(COCCO)C(COCCO)Nc2ccc(N=C(COCCO)C(COCCO)=Nc3ccc(N)cc3)cc2)cc1. The third-order valence-corrected chi connectivity index (χ3v) is 7.07. The van der Waals surface area contributed by atoms with Crippen LogP contribution in [0.15, 0.2) is 82.8 Å². The average Bonchev–Trinajstić information content (AvgIpc) is 3.09. The predicted octanol–water partition coefficient (Wildman–Crippen LogP) is 2.37. The first kappa shape index (κ1) is 38.5. The van der Waals surface area contributed by atoms with Gasteiger partial charge in [0.25, 0.3) is 0 Å². The molecule has 0 radical (unpaired) electrons. The summed E-state index contributed by atoms with van der Waals surface area (Å²) >= 11 is 0. The van der Waals surface area contributed by atoms with Crippen molar-refractivity contribution in [2.75, 3.05) is 96.1 Å². The minimum atomic E-state index is -0.202. The summed E-state index contributed by atoms with van der Waals surface area (Å²) in [7, 11) is 0. The predicted molar refractivity (Wildman–Crippen MR) is 189 cm³/mol. The molecule has 262 valence electrons. The average molecular weight is 668 g/mol. The molecule has 2 unspecified atom stereocenters. The third-order valence-electron chi connectivity index (χ3n) is 7.07. The van der Waals surface area contributed by atoms with Crippen LogP contribution in [0.5, 0.6) is 0 Å². The third kappa shape index (κ3) is 14.5. The van der Waals surface area contributed by atoms with Crippen molar-refractivity contribution in [3.05, 3.63) is 78.4 Å². The van der Waals surface area contributed by atoms with E-state index in [4.69, 9.17) is 40.4 Å². The van der Waals surface area contributed by atoms with Gasteiger partial charge in [-0.05, 0) is 72.6 Å². The summed E-state index contributed by atoms with van der Waals surface area (Å²) in [5.74, 6) is -0.0436. The number of nitrogens with two attached hydrogens (primary N) is 2. The van der Waals surface area contributed by atoms with Crippen molar-refractivity contribution in [1.82, 2.24) is 0 Å². The Balaban J connectivity index is 1.88. The van der Waals surface area contributed by atoms with Gasteiger partial charge in [-0.2, -0.15) is 0 Å². The van der Waals surface area contributed by atoms with E-state index in [1.165, 1.54) is 0 Å². The van der Waals surface area contributed by atoms with Crippen molar-refractivity contribution in [3.63, 3.8) is 0 Å².